The molecule has 134 valence electrons. The lowest BCUT2D eigenvalue weighted by Gasteiger charge is -2.43. The number of methoxy groups -OCH3 is 1. The molecule has 0 bridgehead atoms. The van der Waals surface area contributed by atoms with Crippen LogP contribution in [0.3, 0.4) is 0 Å². The Morgan fingerprint density at radius 2 is 2.12 bits per heavy atom. The van der Waals surface area contributed by atoms with Gasteiger partial charge in [-0.15, -0.1) is 0 Å². The summed E-state index contributed by atoms with van der Waals surface area (Å²) in [5.74, 6) is 0. The zero-order valence-corrected chi connectivity index (χ0v) is 14.2. The van der Waals surface area contributed by atoms with Gasteiger partial charge in [-0.05, 0) is 13.3 Å². The Morgan fingerprint density at radius 3 is 2.72 bits per heavy atom. The van der Waals surface area contributed by atoms with Crippen LogP contribution in [0.25, 0.3) is 0 Å². The van der Waals surface area contributed by atoms with Crippen molar-refractivity contribution in [3.63, 3.8) is 0 Å². The molecule has 0 saturated carbocycles. The largest absolute Gasteiger partial charge is 0.467 e. The van der Waals surface area contributed by atoms with Crippen molar-refractivity contribution in [3.8, 4) is 6.01 Å². The van der Waals surface area contributed by atoms with Crippen LogP contribution in [0.5, 0.6) is 6.01 Å². The number of H-pyrrole nitrogens is 1. The van der Waals surface area contributed by atoms with Crippen LogP contribution in [-0.2, 0) is 6.54 Å². The van der Waals surface area contributed by atoms with Gasteiger partial charge in [0.25, 0.3) is 5.56 Å². The van der Waals surface area contributed by atoms with E-state index in [9.17, 15) is 14.7 Å². The number of rotatable bonds is 4. The number of piperidine rings is 1. The summed E-state index contributed by atoms with van der Waals surface area (Å²) in [6, 6.07) is 1.20. The molecule has 3 rings (SSSR count). The molecule has 0 amide bonds. The summed E-state index contributed by atoms with van der Waals surface area (Å²) >= 11 is 0. The molecule has 1 saturated heterocycles. The standard InChI is InChI=1S/C16H21N5O4/c1-16(24)10-20(9-11-7-17-14(25-2)18-8-11)5-3-12(16)21-6-4-13(22)19-15(21)23/h4,6-8,12,24H,3,5,9-10H2,1-2H3,(H,19,22,23)/t12-,16-/m1/s1. The molecule has 0 aliphatic carbocycles. The van der Waals surface area contributed by atoms with Crippen molar-refractivity contribution in [2.75, 3.05) is 20.2 Å². The minimum absolute atomic E-state index is 0.312. The Morgan fingerprint density at radius 1 is 1.40 bits per heavy atom. The second kappa shape index (κ2) is 6.77. The Labute approximate surface area is 143 Å². The Bertz CT molecular complexity index is 843. The lowest BCUT2D eigenvalue weighted by Crippen LogP contribution is -2.54. The van der Waals surface area contributed by atoms with E-state index in [4.69, 9.17) is 4.74 Å². The molecule has 9 nitrogen and oxygen atoms in total. The monoisotopic (exact) mass is 347 g/mol. The number of nitrogens with one attached hydrogen (secondary N) is 1. The van der Waals surface area contributed by atoms with Crippen LogP contribution in [0.15, 0.2) is 34.2 Å². The Kier molecular flexibility index (Phi) is 4.69. The molecular weight excluding hydrogens is 326 g/mol. The topological polar surface area (TPSA) is 113 Å². The highest BCUT2D eigenvalue weighted by Gasteiger charge is 2.39. The molecule has 0 radical (unpaired) electrons. The van der Waals surface area contributed by atoms with Gasteiger partial charge in [0.15, 0.2) is 0 Å². The minimum Gasteiger partial charge on any atom is -0.467 e. The third-order valence-electron chi connectivity index (χ3n) is 4.44. The normalized spacial score (nSPS) is 24.2. The number of likely N-dealkylation sites (tertiary alicyclic amines) is 1. The first-order chi connectivity index (χ1) is 11.9. The van der Waals surface area contributed by atoms with Crippen molar-refractivity contribution in [3.05, 3.63) is 51.1 Å². The van der Waals surface area contributed by atoms with Crippen molar-refractivity contribution < 1.29 is 9.84 Å². The molecule has 1 aliphatic rings. The highest BCUT2D eigenvalue weighted by molar-refractivity contribution is 5.08. The van der Waals surface area contributed by atoms with Crippen LogP contribution in [0, 0.1) is 0 Å². The van der Waals surface area contributed by atoms with Gasteiger partial charge in [-0.1, -0.05) is 0 Å². The first kappa shape index (κ1) is 17.3. The van der Waals surface area contributed by atoms with Crippen molar-refractivity contribution in [2.45, 2.75) is 31.5 Å². The number of aromatic amines is 1. The number of aliphatic hydroxyl groups is 1. The number of nitrogens with zero attached hydrogens (tertiary/aromatic N) is 4. The summed E-state index contributed by atoms with van der Waals surface area (Å²) < 4.78 is 6.34. The van der Waals surface area contributed by atoms with Gasteiger partial charge in [-0.3, -0.25) is 19.2 Å². The SMILES string of the molecule is COc1ncc(CN2CC[C@@H](n3ccc(=O)[nH]c3=O)[C@](C)(O)C2)cn1. The second-order valence-electron chi connectivity index (χ2n) is 6.47. The lowest BCUT2D eigenvalue weighted by molar-refractivity contribution is -0.0603. The molecule has 9 heteroatoms. The van der Waals surface area contributed by atoms with E-state index in [0.717, 1.165) is 5.56 Å². The van der Waals surface area contributed by atoms with E-state index in [1.165, 1.54) is 23.9 Å². The Hall–Kier alpha value is -2.52. The van der Waals surface area contributed by atoms with Gasteiger partial charge >= 0.3 is 11.7 Å². The molecule has 0 aromatic carbocycles. The lowest BCUT2D eigenvalue weighted by atomic mass is 9.88. The van der Waals surface area contributed by atoms with Gasteiger partial charge in [0.2, 0.25) is 0 Å². The van der Waals surface area contributed by atoms with Crippen LogP contribution in [0.2, 0.25) is 0 Å². The maximum atomic E-state index is 12.0. The minimum atomic E-state index is -1.12. The fourth-order valence-electron chi connectivity index (χ4n) is 3.29. The average Bonchev–Trinajstić information content (AvgIpc) is 2.56. The predicted octanol–water partition coefficient (Wildman–Crippen LogP) is -0.467. The third-order valence-corrected chi connectivity index (χ3v) is 4.44. The molecule has 2 atom stereocenters. The van der Waals surface area contributed by atoms with Gasteiger partial charge in [-0.2, -0.15) is 0 Å². The van der Waals surface area contributed by atoms with E-state index in [1.807, 2.05) is 0 Å². The summed E-state index contributed by atoms with van der Waals surface area (Å²) in [6.45, 7) is 3.37. The average molecular weight is 347 g/mol. The van der Waals surface area contributed by atoms with Gasteiger partial charge in [0.1, 0.15) is 0 Å². The second-order valence-corrected chi connectivity index (χ2v) is 6.47. The number of aromatic nitrogens is 4. The quantitative estimate of drug-likeness (QED) is 0.769. The number of β-amino-alcohol motifs (C(OH)–C–C–N with tert-alkyl or cyclic N) is 1. The molecule has 0 spiro atoms. The van der Waals surface area contributed by atoms with Crippen LogP contribution in [0.1, 0.15) is 24.9 Å². The summed E-state index contributed by atoms with van der Waals surface area (Å²) in [4.78, 5) is 35.7. The summed E-state index contributed by atoms with van der Waals surface area (Å²) in [6.07, 6.45) is 5.40. The van der Waals surface area contributed by atoms with E-state index in [-0.39, 0.29) is 0 Å². The Balaban J connectivity index is 1.73. The van der Waals surface area contributed by atoms with Crippen molar-refractivity contribution in [1.82, 2.24) is 24.4 Å². The zero-order valence-electron chi connectivity index (χ0n) is 14.2. The molecule has 1 aliphatic heterocycles. The molecular formula is C16H21N5O4. The molecule has 0 unspecified atom stereocenters. The fourth-order valence-corrected chi connectivity index (χ4v) is 3.29. The van der Waals surface area contributed by atoms with E-state index in [2.05, 4.69) is 19.9 Å². The van der Waals surface area contributed by atoms with Crippen LogP contribution >= 0.6 is 0 Å². The van der Waals surface area contributed by atoms with E-state index >= 15 is 0 Å². The van der Waals surface area contributed by atoms with Crippen LogP contribution in [0.4, 0.5) is 0 Å². The number of hydrogen-bond acceptors (Lipinski definition) is 7. The summed E-state index contributed by atoms with van der Waals surface area (Å²) in [5.41, 5.74) is -1.16. The van der Waals surface area contributed by atoms with Crippen LogP contribution < -0.4 is 16.0 Å². The van der Waals surface area contributed by atoms with Crippen molar-refractivity contribution in [2.24, 2.45) is 0 Å². The zero-order chi connectivity index (χ0) is 18.0. The van der Waals surface area contributed by atoms with Gasteiger partial charge in [0, 0.05) is 49.9 Å². The molecule has 2 aromatic rings. The molecule has 1 fully saturated rings. The van der Waals surface area contributed by atoms with Crippen LogP contribution in [-0.4, -0.2) is 55.3 Å². The summed E-state index contributed by atoms with van der Waals surface area (Å²) in [5, 5.41) is 10.9. The maximum Gasteiger partial charge on any atom is 0.328 e. The molecule has 2 aromatic heterocycles. The first-order valence-corrected chi connectivity index (χ1v) is 8.00. The highest BCUT2D eigenvalue weighted by atomic mass is 16.5. The molecule has 2 N–H and O–H groups in total. The van der Waals surface area contributed by atoms with E-state index in [1.54, 1.807) is 19.3 Å². The van der Waals surface area contributed by atoms with E-state index in [0.29, 0.717) is 32.1 Å². The van der Waals surface area contributed by atoms with Crippen molar-refractivity contribution >= 4 is 0 Å². The summed E-state index contributed by atoms with van der Waals surface area (Å²) in [7, 11) is 1.51. The van der Waals surface area contributed by atoms with Gasteiger partial charge in [-0.25, -0.2) is 14.8 Å². The predicted molar refractivity (Wildman–Crippen MR) is 89.5 cm³/mol. The third kappa shape index (κ3) is 3.77. The maximum absolute atomic E-state index is 12.0. The molecule has 25 heavy (non-hydrogen) atoms. The molecule has 3 heterocycles. The highest BCUT2D eigenvalue weighted by Crippen LogP contribution is 2.31. The smallest absolute Gasteiger partial charge is 0.328 e. The van der Waals surface area contributed by atoms with Gasteiger partial charge in [0.05, 0.1) is 18.8 Å². The van der Waals surface area contributed by atoms with E-state index < -0.39 is 22.9 Å². The first-order valence-electron chi connectivity index (χ1n) is 8.00. The fraction of sp³-hybridized carbons (Fsp3) is 0.500. The number of ether oxygens (including phenoxy) is 1. The number of hydrogen-bond donors (Lipinski definition) is 2. The van der Waals surface area contributed by atoms with Gasteiger partial charge < -0.3 is 9.84 Å². The van der Waals surface area contributed by atoms with Crippen molar-refractivity contribution in [1.29, 1.82) is 0 Å².